The van der Waals surface area contributed by atoms with Crippen LogP contribution in [0.2, 0.25) is 0 Å². The van der Waals surface area contributed by atoms with E-state index in [4.69, 9.17) is 0 Å². The van der Waals surface area contributed by atoms with E-state index in [0.717, 1.165) is 39.8 Å². The molecule has 0 unspecified atom stereocenters. The quantitative estimate of drug-likeness (QED) is 0.840. The van der Waals surface area contributed by atoms with E-state index in [2.05, 4.69) is 27.3 Å². The Kier molecular flexibility index (Phi) is 3.69. The third-order valence-corrected chi connectivity index (χ3v) is 4.63. The van der Waals surface area contributed by atoms with Crippen molar-refractivity contribution in [2.24, 2.45) is 0 Å². The summed E-state index contributed by atoms with van der Waals surface area (Å²) in [6, 6.07) is 10.2. The summed E-state index contributed by atoms with van der Waals surface area (Å²) in [5.74, 6) is -0.0657. The molecule has 2 aliphatic rings. The fraction of sp³-hybridized carbons (Fsp3) is 0.294. The lowest BCUT2D eigenvalue weighted by Crippen LogP contribution is -2.31. The summed E-state index contributed by atoms with van der Waals surface area (Å²) in [6.07, 6.45) is 2.34. The van der Waals surface area contributed by atoms with Gasteiger partial charge >= 0.3 is 0 Å². The molecule has 0 bridgehead atoms. The minimum atomic E-state index is -0.229. The predicted molar refractivity (Wildman–Crippen MR) is 84.2 cm³/mol. The summed E-state index contributed by atoms with van der Waals surface area (Å²) >= 11 is 3.43. The number of nitrogens with zero attached hydrogens (tertiary/aromatic N) is 1. The van der Waals surface area contributed by atoms with Crippen LogP contribution >= 0.6 is 15.9 Å². The van der Waals surface area contributed by atoms with E-state index in [1.54, 1.807) is 0 Å². The van der Waals surface area contributed by atoms with Crippen LogP contribution in [0.15, 0.2) is 51.3 Å². The van der Waals surface area contributed by atoms with Gasteiger partial charge in [0.15, 0.2) is 5.78 Å². The molecule has 1 aliphatic carbocycles. The number of benzene rings is 1. The van der Waals surface area contributed by atoms with Gasteiger partial charge in [-0.1, -0.05) is 28.1 Å². The molecule has 21 heavy (non-hydrogen) atoms. The fourth-order valence-electron chi connectivity index (χ4n) is 3.12. The average molecular weight is 343 g/mol. The van der Waals surface area contributed by atoms with Gasteiger partial charge in [0, 0.05) is 27.9 Å². The van der Waals surface area contributed by atoms with Crippen molar-refractivity contribution < 1.29 is 4.79 Å². The summed E-state index contributed by atoms with van der Waals surface area (Å²) in [4.78, 5) is 12.4. The van der Waals surface area contributed by atoms with Gasteiger partial charge in [-0.3, -0.25) is 4.79 Å². The lowest BCUT2D eigenvalue weighted by molar-refractivity contribution is -0.116. The maximum atomic E-state index is 12.4. The van der Waals surface area contributed by atoms with E-state index < -0.39 is 0 Å². The number of nitrogens with one attached hydrogen (secondary N) is 1. The molecule has 0 saturated heterocycles. The normalized spacial score (nSPS) is 21.8. The molecular formula is C17H15BrN2O. The molecule has 1 aromatic rings. The van der Waals surface area contributed by atoms with Crippen LogP contribution in [0.5, 0.6) is 0 Å². The first-order chi connectivity index (χ1) is 10.1. The Morgan fingerprint density at radius 3 is 2.67 bits per heavy atom. The summed E-state index contributed by atoms with van der Waals surface area (Å²) < 4.78 is 0.989. The van der Waals surface area contributed by atoms with Crippen LogP contribution in [0, 0.1) is 11.3 Å². The Morgan fingerprint density at radius 2 is 2.00 bits per heavy atom. The molecule has 4 heteroatoms. The van der Waals surface area contributed by atoms with E-state index in [9.17, 15) is 10.1 Å². The van der Waals surface area contributed by atoms with Crippen molar-refractivity contribution in [2.45, 2.75) is 32.1 Å². The topological polar surface area (TPSA) is 52.9 Å². The summed E-state index contributed by atoms with van der Waals surface area (Å²) in [7, 11) is 0. The van der Waals surface area contributed by atoms with E-state index in [1.807, 2.05) is 31.2 Å². The molecule has 0 saturated carbocycles. The molecule has 1 heterocycles. The van der Waals surface area contributed by atoms with Crippen LogP contribution in [-0.4, -0.2) is 5.78 Å². The van der Waals surface area contributed by atoms with Gasteiger partial charge < -0.3 is 5.32 Å². The molecule has 0 spiro atoms. The van der Waals surface area contributed by atoms with Crippen LogP contribution in [0.4, 0.5) is 0 Å². The average Bonchev–Trinajstić information content (AvgIpc) is 2.47. The van der Waals surface area contributed by atoms with E-state index in [0.29, 0.717) is 12.0 Å². The van der Waals surface area contributed by atoms with Gasteiger partial charge in [-0.05, 0) is 37.5 Å². The summed E-state index contributed by atoms with van der Waals surface area (Å²) in [5, 5.41) is 12.8. The maximum absolute atomic E-state index is 12.4. The molecule has 1 N–H and O–H groups in total. The number of Topliss-reactive ketones (excluding diaryl/α,β-unsaturated/α-hetero) is 1. The van der Waals surface area contributed by atoms with Crippen LogP contribution in [0.3, 0.4) is 0 Å². The zero-order valence-electron chi connectivity index (χ0n) is 11.7. The molecule has 106 valence electrons. The van der Waals surface area contributed by atoms with E-state index >= 15 is 0 Å². The molecule has 0 aromatic heterocycles. The van der Waals surface area contributed by atoms with Gasteiger partial charge in [-0.25, -0.2) is 0 Å². The number of carbonyl (C=O) groups is 1. The van der Waals surface area contributed by atoms with Crippen molar-refractivity contribution in [3.8, 4) is 6.07 Å². The highest BCUT2D eigenvalue weighted by atomic mass is 79.9. The lowest BCUT2D eigenvalue weighted by Gasteiger charge is -2.32. The standard InChI is InChI=1S/C17H15BrN2O/c1-10-13(9-19)16(11-5-7-12(18)8-6-11)17-14(20-10)3-2-4-15(17)21/h5-8,16,20H,2-4H2,1H3/t16-/m1/s1. The Bertz CT molecular complexity index is 707. The third kappa shape index (κ3) is 2.43. The minimum Gasteiger partial charge on any atom is -0.361 e. The second kappa shape index (κ2) is 5.50. The number of hydrogen-bond acceptors (Lipinski definition) is 3. The number of rotatable bonds is 1. The molecule has 0 radical (unpaired) electrons. The molecule has 0 amide bonds. The second-order valence-electron chi connectivity index (χ2n) is 5.43. The zero-order valence-corrected chi connectivity index (χ0v) is 13.3. The number of ketones is 1. The van der Waals surface area contributed by atoms with Crippen molar-refractivity contribution in [2.75, 3.05) is 0 Å². The monoisotopic (exact) mass is 342 g/mol. The number of carbonyl (C=O) groups excluding carboxylic acids is 1. The fourth-order valence-corrected chi connectivity index (χ4v) is 3.38. The molecule has 0 fully saturated rings. The van der Waals surface area contributed by atoms with Gasteiger partial charge in [0.1, 0.15) is 0 Å². The van der Waals surface area contributed by atoms with Crippen molar-refractivity contribution in [1.29, 1.82) is 5.26 Å². The highest BCUT2D eigenvalue weighted by Gasteiger charge is 2.35. The molecule has 1 aromatic carbocycles. The molecule has 3 nitrogen and oxygen atoms in total. The summed E-state index contributed by atoms with van der Waals surface area (Å²) in [6.45, 7) is 1.91. The van der Waals surface area contributed by atoms with Crippen LogP contribution in [0.25, 0.3) is 0 Å². The smallest absolute Gasteiger partial charge is 0.161 e. The first-order valence-corrected chi connectivity index (χ1v) is 7.80. The van der Waals surface area contributed by atoms with Crippen LogP contribution in [0.1, 0.15) is 37.7 Å². The number of halogens is 1. The van der Waals surface area contributed by atoms with Crippen molar-refractivity contribution in [3.05, 3.63) is 56.8 Å². The first kappa shape index (κ1) is 14.1. The number of nitriles is 1. The Hall–Kier alpha value is -1.86. The van der Waals surface area contributed by atoms with Crippen LogP contribution < -0.4 is 5.32 Å². The Morgan fingerprint density at radius 1 is 1.29 bits per heavy atom. The van der Waals surface area contributed by atoms with Crippen LogP contribution in [-0.2, 0) is 4.79 Å². The number of hydrogen-bond donors (Lipinski definition) is 1. The molecule has 1 aliphatic heterocycles. The van der Waals surface area contributed by atoms with Gasteiger partial charge in [0.2, 0.25) is 0 Å². The minimum absolute atomic E-state index is 0.164. The Balaban J connectivity index is 2.17. The number of dihydropyridines is 1. The van der Waals surface area contributed by atoms with Crippen molar-refractivity contribution in [3.63, 3.8) is 0 Å². The van der Waals surface area contributed by atoms with Gasteiger partial charge in [0.25, 0.3) is 0 Å². The van der Waals surface area contributed by atoms with Gasteiger partial charge in [-0.2, -0.15) is 5.26 Å². The van der Waals surface area contributed by atoms with Crippen molar-refractivity contribution in [1.82, 2.24) is 5.32 Å². The molecule has 1 atom stereocenters. The second-order valence-corrected chi connectivity index (χ2v) is 6.34. The largest absolute Gasteiger partial charge is 0.361 e. The maximum Gasteiger partial charge on any atom is 0.161 e. The highest BCUT2D eigenvalue weighted by Crippen LogP contribution is 2.41. The number of allylic oxidation sites excluding steroid dienone is 4. The van der Waals surface area contributed by atoms with Gasteiger partial charge in [0.05, 0.1) is 17.6 Å². The third-order valence-electron chi connectivity index (χ3n) is 4.10. The predicted octanol–water partition coefficient (Wildman–Crippen LogP) is 3.94. The Labute approximate surface area is 132 Å². The van der Waals surface area contributed by atoms with E-state index in [-0.39, 0.29) is 11.7 Å². The molecular weight excluding hydrogens is 328 g/mol. The molecule has 3 rings (SSSR count). The van der Waals surface area contributed by atoms with Crippen molar-refractivity contribution >= 4 is 21.7 Å². The highest BCUT2D eigenvalue weighted by molar-refractivity contribution is 9.10. The van der Waals surface area contributed by atoms with E-state index in [1.165, 1.54) is 0 Å². The zero-order chi connectivity index (χ0) is 15.0. The first-order valence-electron chi connectivity index (χ1n) is 7.01. The van der Waals surface area contributed by atoms with Gasteiger partial charge in [-0.15, -0.1) is 0 Å². The SMILES string of the molecule is CC1=C(C#N)[C@@H](c2ccc(Br)cc2)C2=C(CCCC2=O)N1. The summed E-state index contributed by atoms with van der Waals surface area (Å²) in [5.41, 5.74) is 4.28. The lowest BCUT2D eigenvalue weighted by atomic mass is 9.76.